The van der Waals surface area contributed by atoms with Gasteiger partial charge in [0.15, 0.2) is 5.92 Å². The van der Waals surface area contributed by atoms with Crippen molar-refractivity contribution in [2.75, 3.05) is 0 Å². The Morgan fingerprint density at radius 3 is 2.14 bits per heavy atom. The lowest BCUT2D eigenvalue weighted by Crippen LogP contribution is -2.22. The van der Waals surface area contributed by atoms with Crippen molar-refractivity contribution in [3.8, 4) is 6.07 Å². The molecule has 0 aliphatic heterocycles. The summed E-state index contributed by atoms with van der Waals surface area (Å²) in [6.45, 7) is 0. The number of fused-ring (bicyclic) bond motifs is 2. The van der Waals surface area contributed by atoms with E-state index in [0.717, 1.165) is 16.3 Å². The number of carbonyl (C=O) groups is 1. The Kier molecular flexibility index (Phi) is 4.50. The Balaban J connectivity index is 2.08. The summed E-state index contributed by atoms with van der Waals surface area (Å²) in [5.41, 5.74) is 1.37. The molecule has 0 fully saturated rings. The standard InChI is InChI=1S/C24H16FNO2/c25-22-13-12-20(17-9-3-4-10-18(17)22)23(21(14-26)24(27)28)19-11-5-7-15-6-1-2-8-16(15)19/h1-13,21,23H,(H,27,28). The summed E-state index contributed by atoms with van der Waals surface area (Å²) >= 11 is 0. The normalized spacial score (nSPS) is 13.1. The lowest BCUT2D eigenvalue weighted by molar-refractivity contribution is -0.140. The van der Waals surface area contributed by atoms with Crippen molar-refractivity contribution in [3.63, 3.8) is 0 Å². The molecule has 4 aromatic carbocycles. The molecule has 0 aliphatic carbocycles. The zero-order chi connectivity index (χ0) is 19.7. The summed E-state index contributed by atoms with van der Waals surface area (Å²) < 4.78 is 14.3. The third-order valence-corrected chi connectivity index (χ3v) is 5.14. The average molecular weight is 369 g/mol. The largest absolute Gasteiger partial charge is 0.480 e. The number of benzene rings is 4. The minimum absolute atomic E-state index is 0.375. The highest BCUT2D eigenvalue weighted by molar-refractivity contribution is 5.92. The van der Waals surface area contributed by atoms with Crippen LogP contribution < -0.4 is 0 Å². The second-order valence-electron chi connectivity index (χ2n) is 6.67. The minimum atomic E-state index is -1.31. The molecule has 136 valence electrons. The molecule has 1 N–H and O–H groups in total. The molecule has 4 aromatic rings. The summed E-state index contributed by atoms with van der Waals surface area (Å²) in [5, 5.41) is 22.3. The molecule has 0 amide bonds. The number of aliphatic carboxylic acids is 1. The van der Waals surface area contributed by atoms with Gasteiger partial charge < -0.3 is 5.11 Å². The molecule has 3 nitrogen and oxygen atoms in total. The average Bonchev–Trinajstić information content (AvgIpc) is 2.72. The van der Waals surface area contributed by atoms with Gasteiger partial charge in [0.2, 0.25) is 0 Å². The van der Waals surface area contributed by atoms with Crippen LogP contribution in [0.15, 0.2) is 78.9 Å². The van der Waals surface area contributed by atoms with Crippen LogP contribution in [0.2, 0.25) is 0 Å². The van der Waals surface area contributed by atoms with Crippen molar-refractivity contribution in [1.82, 2.24) is 0 Å². The Bertz CT molecular complexity index is 1240. The maximum absolute atomic E-state index is 14.3. The topological polar surface area (TPSA) is 61.1 Å². The van der Waals surface area contributed by atoms with Crippen LogP contribution in [0.4, 0.5) is 4.39 Å². The SMILES string of the molecule is N#CC(C(=O)O)C(c1cccc2ccccc12)c1ccc(F)c2ccccc12. The highest BCUT2D eigenvalue weighted by Gasteiger charge is 2.33. The molecule has 0 bridgehead atoms. The molecule has 0 saturated heterocycles. The molecule has 4 rings (SSSR count). The smallest absolute Gasteiger partial charge is 0.321 e. The molecule has 4 heteroatoms. The number of hydrogen-bond donors (Lipinski definition) is 1. The highest BCUT2D eigenvalue weighted by Crippen LogP contribution is 2.40. The van der Waals surface area contributed by atoms with E-state index in [0.29, 0.717) is 16.3 Å². The third-order valence-electron chi connectivity index (χ3n) is 5.14. The van der Waals surface area contributed by atoms with Gasteiger partial charge in [-0.2, -0.15) is 5.26 Å². The predicted octanol–water partition coefficient (Wildman–Crippen LogP) is 5.49. The van der Waals surface area contributed by atoms with E-state index in [9.17, 15) is 19.6 Å². The fraction of sp³-hybridized carbons (Fsp3) is 0.0833. The van der Waals surface area contributed by atoms with Crippen LogP contribution in [-0.2, 0) is 4.79 Å². The minimum Gasteiger partial charge on any atom is -0.480 e. The van der Waals surface area contributed by atoms with Crippen molar-refractivity contribution in [1.29, 1.82) is 5.26 Å². The number of rotatable bonds is 4. The molecule has 28 heavy (non-hydrogen) atoms. The molecule has 2 atom stereocenters. The highest BCUT2D eigenvalue weighted by atomic mass is 19.1. The van der Waals surface area contributed by atoms with Crippen molar-refractivity contribution < 1.29 is 14.3 Å². The lowest BCUT2D eigenvalue weighted by atomic mass is 9.78. The quantitative estimate of drug-likeness (QED) is 0.517. The Morgan fingerprint density at radius 1 is 0.821 bits per heavy atom. The third kappa shape index (κ3) is 2.87. The van der Waals surface area contributed by atoms with E-state index >= 15 is 0 Å². The van der Waals surface area contributed by atoms with Gasteiger partial charge in [0.1, 0.15) is 5.82 Å². The van der Waals surface area contributed by atoms with Gasteiger partial charge in [-0.3, -0.25) is 4.79 Å². The molecule has 0 radical (unpaired) electrons. The van der Waals surface area contributed by atoms with Crippen molar-refractivity contribution in [2.45, 2.75) is 5.92 Å². The van der Waals surface area contributed by atoms with E-state index in [1.165, 1.54) is 6.07 Å². The van der Waals surface area contributed by atoms with Gasteiger partial charge in [-0.1, -0.05) is 72.8 Å². The van der Waals surface area contributed by atoms with Crippen LogP contribution >= 0.6 is 0 Å². The summed E-state index contributed by atoms with van der Waals surface area (Å²) in [6, 6.07) is 25.1. The van der Waals surface area contributed by atoms with Crippen molar-refractivity contribution in [3.05, 3.63) is 95.8 Å². The number of nitrogens with zero attached hydrogens (tertiary/aromatic N) is 1. The lowest BCUT2D eigenvalue weighted by Gasteiger charge is -2.23. The van der Waals surface area contributed by atoms with Gasteiger partial charge in [0.25, 0.3) is 0 Å². The van der Waals surface area contributed by atoms with Gasteiger partial charge in [0.05, 0.1) is 6.07 Å². The zero-order valence-electron chi connectivity index (χ0n) is 14.8. The summed E-state index contributed by atoms with van der Waals surface area (Å²) in [5.74, 6) is -3.62. The number of nitriles is 1. The van der Waals surface area contributed by atoms with Crippen molar-refractivity contribution >= 4 is 27.5 Å². The Hall–Kier alpha value is -3.71. The van der Waals surface area contributed by atoms with Gasteiger partial charge in [-0.15, -0.1) is 0 Å². The van der Waals surface area contributed by atoms with E-state index in [2.05, 4.69) is 0 Å². The van der Waals surface area contributed by atoms with Crippen LogP contribution in [0.3, 0.4) is 0 Å². The molecule has 0 spiro atoms. The molecule has 0 saturated carbocycles. The maximum atomic E-state index is 14.3. The van der Waals surface area contributed by atoms with Crippen LogP contribution in [-0.4, -0.2) is 11.1 Å². The zero-order valence-corrected chi connectivity index (χ0v) is 14.8. The number of carboxylic acid groups (broad SMARTS) is 1. The first-order valence-electron chi connectivity index (χ1n) is 8.89. The predicted molar refractivity (Wildman–Crippen MR) is 106 cm³/mol. The van der Waals surface area contributed by atoms with Crippen LogP contribution in [0.25, 0.3) is 21.5 Å². The van der Waals surface area contributed by atoms with E-state index in [4.69, 9.17) is 0 Å². The first-order valence-corrected chi connectivity index (χ1v) is 8.89. The van der Waals surface area contributed by atoms with E-state index in [1.807, 2.05) is 48.5 Å². The second kappa shape index (κ2) is 7.13. The van der Waals surface area contributed by atoms with E-state index in [1.54, 1.807) is 30.3 Å². The Labute approximate surface area is 161 Å². The second-order valence-corrected chi connectivity index (χ2v) is 6.67. The fourth-order valence-electron chi connectivity index (χ4n) is 3.88. The first-order chi connectivity index (χ1) is 13.6. The van der Waals surface area contributed by atoms with Gasteiger partial charge in [0, 0.05) is 11.3 Å². The molecule has 2 unspecified atom stereocenters. The van der Waals surface area contributed by atoms with Crippen LogP contribution in [0.1, 0.15) is 17.0 Å². The molecule has 0 aliphatic rings. The Morgan fingerprint density at radius 2 is 1.43 bits per heavy atom. The summed E-state index contributed by atoms with van der Waals surface area (Å²) in [4.78, 5) is 12.0. The summed E-state index contributed by atoms with van der Waals surface area (Å²) in [6.07, 6.45) is 0. The van der Waals surface area contributed by atoms with E-state index in [-0.39, 0.29) is 5.82 Å². The molecule has 0 heterocycles. The van der Waals surface area contributed by atoms with Crippen LogP contribution in [0, 0.1) is 23.1 Å². The molecular weight excluding hydrogens is 353 g/mol. The van der Waals surface area contributed by atoms with Crippen LogP contribution in [0.5, 0.6) is 0 Å². The maximum Gasteiger partial charge on any atom is 0.321 e. The number of hydrogen-bond acceptors (Lipinski definition) is 2. The number of halogens is 1. The monoisotopic (exact) mass is 369 g/mol. The van der Waals surface area contributed by atoms with E-state index < -0.39 is 17.8 Å². The van der Waals surface area contributed by atoms with Gasteiger partial charge in [-0.05, 0) is 33.4 Å². The number of carboxylic acids is 1. The van der Waals surface area contributed by atoms with Gasteiger partial charge >= 0.3 is 5.97 Å². The van der Waals surface area contributed by atoms with Gasteiger partial charge in [-0.25, -0.2) is 4.39 Å². The van der Waals surface area contributed by atoms with Crippen molar-refractivity contribution in [2.24, 2.45) is 5.92 Å². The first kappa shape index (κ1) is 17.7. The molecule has 0 aromatic heterocycles. The molecular formula is C24H16FNO2. The fourth-order valence-corrected chi connectivity index (χ4v) is 3.88. The summed E-state index contributed by atoms with van der Waals surface area (Å²) in [7, 11) is 0.